The van der Waals surface area contributed by atoms with Crippen LogP contribution in [0, 0.1) is 0 Å². The van der Waals surface area contributed by atoms with Crippen molar-refractivity contribution in [1.29, 1.82) is 0 Å². The maximum atomic E-state index is 12.1. The van der Waals surface area contributed by atoms with E-state index in [9.17, 15) is 9.59 Å². The number of hydrogen-bond acceptors (Lipinski definition) is 4. The number of hydrogen-bond donors (Lipinski definition) is 2. The first kappa shape index (κ1) is 24.3. The molecular weight excluding hydrogens is 392 g/mol. The zero-order chi connectivity index (χ0) is 22.6. The van der Waals surface area contributed by atoms with Crippen LogP contribution >= 0.6 is 0 Å². The van der Waals surface area contributed by atoms with Crippen molar-refractivity contribution in [3.63, 3.8) is 0 Å². The van der Waals surface area contributed by atoms with Gasteiger partial charge in [-0.05, 0) is 81.6 Å². The Balaban J connectivity index is 1.69. The van der Waals surface area contributed by atoms with E-state index < -0.39 is 0 Å². The Labute approximate surface area is 185 Å². The first-order valence-corrected chi connectivity index (χ1v) is 11.0. The summed E-state index contributed by atoms with van der Waals surface area (Å²) in [7, 11) is 0. The molecule has 168 valence electrons. The van der Waals surface area contributed by atoms with Gasteiger partial charge in [-0.3, -0.25) is 9.59 Å². The van der Waals surface area contributed by atoms with Crippen LogP contribution in [0.2, 0.25) is 0 Å². The smallest absolute Gasteiger partial charge is 0.224 e. The first-order valence-electron chi connectivity index (χ1n) is 11.0. The molecule has 6 nitrogen and oxygen atoms in total. The van der Waals surface area contributed by atoms with Gasteiger partial charge in [0.25, 0.3) is 0 Å². The summed E-state index contributed by atoms with van der Waals surface area (Å²) in [4.78, 5) is 24.2. The third kappa shape index (κ3) is 9.11. The normalized spacial score (nSPS) is 12.5. The minimum Gasteiger partial charge on any atom is -0.491 e. The van der Waals surface area contributed by atoms with Gasteiger partial charge < -0.3 is 20.1 Å². The molecule has 0 aromatic heterocycles. The van der Waals surface area contributed by atoms with Crippen molar-refractivity contribution in [2.75, 3.05) is 10.6 Å². The van der Waals surface area contributed by atoms with Crippen molar-refractivity contribution >= 4 is 23.2 Å². The predicted molar refractivity (Wildman–Crippen MR) is 125 cm³/mol. The molecule has 0 heterocycles. The Morgan fingerprint density at radius 3 is 1.39 bits per heavy atom. The molecule has 31 heavy (non-hydrogen) atoms. The molecule has 2 aromatic rings. The molecule has 2 aromatic carbocycles. The SMILES string of the molecule is CCC(C)Oc1ccc(NC(=O)CCCC(=O)Nc2ccc(OC(C)CC)cc2)cc1. The van der Waals surface area contributed by atoms with Gasteiger partial charge >= 0.3 is 0 Å². The third-order valence-corrected chi connectivity index (χ3v) is 4.91. The Morgan fingerprint density at radius 2 is 1.06 bits per heavy atom. The summed E-state index contributed by atoms with van der Waals surface area (Å²) < 4.78 is 11.5. The maximum Gasteiger partial charge on any atom is 0.224 e. The molecule has 0 spiro atoms. The van der Waals surface area contributed by atoms with Crippen LogP contribution in [0.25, 0.3) is 0 Å². The molecule has 0 aliphatic heterocycles. The van der Waals surface area contributed by atoms with Gasteiger partial charge in [0.05, 0.1) is 12.2 Å². The summed E-state index contributed by atoms with van der Waals surface area (Å²) in [5.41, 5.74) is 1.43. The van der Waals surface area contributed by atoms with Crippen molar-refractivity contribution in [1.82, 2.24) is 0 Å². The van der Waals surface area contributed by atoms with E-state index in [1.165, 1.54) is 0 Å². The molecule has 2 N–H and O–H groups in total. The lowest BCUT2D eigenvalue weighted by atomic mass is 10.2. The second kappa shape index (κ2) is 12.6. The molecule has 0 saturated heterocycles. The van der Waals surface area contributed by atoms with Gasteiger partial charge in [-0.2, -0.15) is 0 Å². The fourth-order valence-corrected chi connectivity index (χ4v) is 2.72. The molecule has 0 aliphatic rings. The van der Waals surface area contributed by atoms with Gasteiger partial charge in [0.15, 0.2) is 0 Å². The van der Waals surface area contributed by atoms with Gasteiger partial charge in [0.1, 0.15) is 11.5 Å². The van der Waals surface area contributed by atoms with E-state index in [1.807, 2.05) is 62.4 Å². The van der Waals surface area contributed by atoms with Crippen LogP contribution in [-0.2, 0) is 9.59 Å². The number of ether oxygens (including phenoxy) is 2. The minimum atomic E-state index is -0.116. The summed E-state index contributed by atoms with van der Waals surface area (Å²) in [6, 6.07) is 14.6. The van der Waals surface area contributed by atoms with Crippen LogP contribution < -0.4 is 20.1 Å². The quantitative estimate of drug-likeness (QED) is 0.450. The van der Waals surface area contributed by atoms with E-state index in [0.717, 1.165) is 24.3 Å². The lowest BCUT2D eigenvalue weighted by Gasteiger charge is -2.13. The molecule has 0 saturated carbocycles. The van der Waals surface area contributed by atoms with Crippen LogP contribution in [0.1, 0.15) is 59.8 Å². The lowest BCUT2D eigenvalue weighted by Crippen LogP contribution is -2.15. The van der Waals surface area contributed by atoms with Crippen LogP contribution in [0.5, 0.6) is 11.5 Å². The summed E-state index contributed by atoms with van der Waals surface area (Å²) in [5, 5.41) is 5.69. The van der Waals surface area contributed by atoms with Gasteiger partial charge in [-0.25, -0.2) is 0 Å². The van der Waals surface area contributed by atoms with E-state index in [1.54, 1.807) is 0 Å². The monoisotopic (exact) mass is 426 g/mol. The van der Waals surface area contributed by atoms with E-state index in [-0.39, 0.29) is 36.9 Å². The average molecular weight is 427 g/mol. The Morgan fingerprint density at radius 1 is 0.710 bits per heavy atom. The summed E-state index contributed by atoms with van der Waals surface area (Å²) in [6.07, 6.45) is 3.21. The second-order valence-electron chi connectivity index (χ2n) is 7.67. The van der Waals surface area contributed by atoms with Crippen LogP contribution in [0.15, 0.2) is 48.5 Å². The zero-order valence-electron chi connectivity index (χ0n) is 18.9. The molecule has 2 atom stereocenters. The lowest BCUT2D eigenvalue weighted by molar-refractivity contribution is -0.117. The van der Waals surface area contributed by atoms with Crippen molar-refractivity contribution < 1.29 is 19.1 Å². The fourth-order valence-electron chi connectivity index (χ4n) is 2.72. The number of anilines is 2. The van der Waals surface area contributed by atoms with Crippen LogP contribution in [0.4, 0.5) is 11.4 Å². The highest BCUT2D eigenvalue weighted by Crippen LogP contribution is 2.19. The van der Waals surface area contributed by atoms with Crippen LogP contribution in [0.3, 0.4) is 0 Å². The highest BCUT2D eigenvalue weighted by Gasteiger charge is 2.08. The van der Waals surface area contributed by atoms with Gasteiger partial charge in [0.2, 0.25) is 11.8 Å². The van der Waals surface area contributed by atoms with Gasteiger partial charge in [-0.15, -0.1) is 0 Å². The second-order valence-corrected chi connectivity index (χ2v) is 7.67. The van der Waals surface area contributed by atoms with E-state index in [4.69, 9.17) is 9.47 Å². The largest absolute Gasteiger partial charge is 0.491 e. The molecule has 2 amide bonds. The first-order chi connectivity index (χ1) is 14.9. The number of carbonyl (C=O) groups excluding carboxylic acids is 2. The van der Waals surface area contributed by atoms with Crippen molar-refractivity contribution in [3.05, 3.63) is 48.5 Å². The Hall–Kier alpha value is -3.02. The molecule has 2 rings (SSSR count). The van der Waals surface area contributed by atoms with Crippen LogP contribution in [-0.4, -0.2) is 24.0 Å². The van der Waals surface area contributed by atoms with Gasteiger partial charge in [-0.1, -0.05) is 13.8 Å². The van der Waals surface area contributed by atoms with E-state index in [0.29, 0.717) is 17.8 Å². The highest BCUT2D eigenvalue weighted by molar-refractivity contribution is 5.93. The molecular formula is C25H34N2O4. The van der Waals surface area contributed by atoms with E-state index in [2.05, 4.69) is 24.5 Å². The molecule has 2 unspecified atom stereocenters. The summed E-state index contributed by atoms with van der Waals surface area (Å²) in [6.45, 7) is 8.17. The predicted octanol–water partition coefficient (Wildman–Crippen LogP) is 5.79. The summed E-state index contributed by atoms with van der Waals surface area (Å²) >= 11 is 0. The Kier molecular flexibility index (Phi) is 9.88. The highest BCUT2D eigenvalue weighted by atomic mass is 16.5. The van der Waals surface area contributed by atoms with Crippen molar-refractivity contribution in [2.45, 2.75) is 72.0 Å². The standard InChI is InChI=1S/C25H34N2O4/c1-5-18(3)30-22-14-10-20(11-15-22)26-24(28)8-7-9-25(29)27-21-12-16-23(17-13-21)31-19(4)6-2/h10-19H,5-9H2,1-4H3,(H,26,28)(H,27,29). The molecule has 0 bridgehead atoms. The third-order valence-electron chi connectivity index (χ3n) is 4.91. The average Bonchev–Trinajstić information content (AvgIpc) is 2.76. The number of nitrogens with one attached hydrogen (secondary N) is 2. The minimum absolute atomic E-state index is 0.116. The summed E-state index contributed by atoms with van der Waals surface area (Å²) in [5.74, 6) is 1.33. The number of amides is 2. The number of rotatable bonds is 12. The number of benzene rings is 2. The Bertz CT molecular complexity index is 749. The van der Waals surface area contributed by atoms with Gasteiger partial charge in [0, 0.05) is 24.2 Å². The fraction of sp³-hybridized carbons (Fsp3) is 0.440. The molecule has 0 aliphatic carbocycles. The van der Waals surface area contributed by atoms with Crippen molar-refractivity contribution in [3.8, 4) is 11.5 Å². The zero-order valence-corrected chi connectivity index (χ0v) is 18.9. The topological polar surface area (TPSA) is 76.7 Å². The number of carbonyl (C=O) groups is 2. The van der Waals surface area contributed by atoms with Crippen molar-refractivity contribution in [2.24, 2.45) is 0 Å². The molecule has 0 fully saturated rings. The van der Waals surface area contributed by atoms with E-state index >= 15 is 0 Å². The maximum absolute atomic E-state index is 12.1. The molecule has 0 radical (unpaired) electrons. The molecule has 6 heteroatoms.